The molecule has 2 rings (SSSR count). The van der Waals surface area contributed by atoms with E-state index in [1.54, 1.807) is 11.3 Å². The third-order valence-corrected chi connectivity index (χ3v) is 4.17. The molecule has 1 aliphatic rings. The number of carbonyl (C=O) groups excluding carboxylic acids is 1. The smallest absolute Gasteiger partial charge is 0.237 e. The van der Waals surface area contributed by atoms with Gasteiger partial charge in [0.05, 0.1) is 6.04 Å². The lowest BCUT2D eigenvalue weighted by Crippen LogP contribution is -2.55. The summed E-state index contributed by atoms with van der Waals surface area (Å²) in [5.41, 5.74) is 1.23. The van der Waals surface area contributed by atoms with Crippen LogP contribution in [0, 0.1) is 5.41 Å². The van der Waals surface area contributed by atoms with Gasteiger partial charge in [-0.1, -0.05) is 13.8 Å². The standard InChI is InChI=1S/C13H20N2OS/c1-13(2)5-3-6-14-11(13)12(16)15-8-10-4-7-17-9-10/h4,7,9,11,14H,3,5-6,8H2,1-2H3,(H,15,16). The lowest BCUT2D eigenvalue weighted by atomic mass is 9.77. The van der Waals surface area contributed by atoms with Crippen LogP contribution < -0.4 is 10.6 Å². The van der Waals surface area contributed by atoms with Gasteiger partial charge in [0.2, 0.25) is 5.91 Å². The third kappa shape index (κ3) is 3.07. The van der Waals surface area contributed by atoms with Gasteiger partial charge in [-0.3, -0.25) is 4.79 Å². The zero-order valence-electron chi connectivity index (χ0n) is 10.5. The molecule has 1 saturated heterocycles. The van der Waals surface area contributed by atoms with E-state index in [1.165, 1.54) is 5.56 Å². The van der Waals surface area contributed by atoms with Gasteiger partial charge in [0.25, 0.3) is 0 Å². The highest BCUT2D eigenvalue weighted by atomic mass is 32.1. The summed E-state index contributed by atoms with van der Waals surface area (Å²) in [6.07, 6.45) is 2.26. The van der Waals surface area contributed by atoms with Gasteiger partial charge >= 0.3 is 0 Å². The number of thiophene rings is 1. The number of hydrogen-bond acceptors (Lipinski definition) is 3. The molecule has 4 heteroatoms. The van der Waals surface area contributed by atoms with E-state index in [0.29, 0.717) is 6.54 Å². The Labute approximate surface area is 107 Å². The van der Waals surface area contributed by atoms with Gasteiger partial charge in [0, 0.05) is 6.54 Å². The van der Waals surface area contributed by atoms with Crippen molar-refractivity contribution < 1.29 is 4.79 Å². The molecule has 2 heterocycles. The average molecular weight is 252 g/mol. The predicted molar refractivity (Wildman–Crippen MR) is 71.0 cm³/mol. The third-order valence-electron chi connectivity index (χ3n) is 3.44. The van der Waals surface area contributed by atoms with Gasteiger partial charge < -0.3 is 10.6 Å². The van der Waals surface area contributed by atoms with Crippen LogP contribution in [-0.4, -0.2) is 18.5 Å². The van der Waals surface area contributed by atoms with Crippen molar-refractivity contribution in [3.8, 4) is 0 Å². The zero-order chi connectivity index (χ0) is 12.3. The fraction of sp³-hybridized carbons (Fsp3) is 0.615. The molecule has 1 aliphatic heterocycles. The molecular formula is C13H20N2OS. The Morgan fingerprint density at radius 1 is 1.65 bits per heavy atom. The number of carbonyl (C=O) groups is 1. The van der Waals surface area contributed by atoms with Crippen LogP contribution in [0.1, 0.15) is 32.3 Å². The van der Waals surface area contributed by atoms with Crippen LogP contribution in [0.2, 0.25) is 0 Å². The van der Waals surface area contributed by atoms with Crippen molar-refractivity contribution in [2.45, 2.75) is 39.3 Å². The largest absolute Gasteiger partial charge is 0.351 e. The van der Waals surface area contributed by atoms with Crippen molar-refractivity contribution in [2.24, 2.45) is 5.41 Å². The van der Waals surface area contributed by atoms with E-state index < -0.39 is 0 Å². The van der Waals surface area contributed by atoms with Gasteiger partial charge in [0.15, 0.2) is 0 Å². The van der Waals surface area contributed by atoms with Crippen LogP contribution in [0.25, 0.3) is 0 Å². The number of nitrogens with one attached hydrogen (secondary N) is 2. The topological polar surface area (TPSA) is 41.1 Å². The summed E-state index contributed by atoms with van der Waals surface area (Å²) in [5, 5.41) is 10.4. The van der Waals surface area contributed by atoms with Crippen molar-refractivity contribution in [3.05, 3.63) is 22.4 Å². The fourth-order valence-corrected chi connectivity index (χ4v) is 3.01. The Morgan fingerprint density at radius 2 is 2.47 bits per heavy atom. The number of rotatable bonds is 3. The molecule has 1 atom stereocenters. The normalized spacial score (nSPS) is 23.3. The van der Waals surface area contributed by atoms with Crippen LogP contribution in [0.3, 0.4) is 0 Å². The van der Waals surface area contributed by atoms with Crippen molar-refractivity contribution in [1.82, 2.24) is 10.6 Å². The Balaban J connectivity index is 1.90. The first kappa shape index (κ1) is 12.6. The van der Waals surface area contributed by atoms with Gasteiger partial charge in [-0.2, -0.15) is 11.3 Å². The van der Waals surface area contributed by atoms with E-state index in [0.717, 1.165) is 19.4 Å². The van der Waals surface area contributed by atoms with E-state index in [-0.39, 0.29) is 17.4 Å². The summed E-state index contributed by atoms with van der Waals surface area (Å²) >= 11 is 1.66. The van der Waals surface area contributed by atoms with E-state index >= 15 is 0 Å². The second-order valence-corrected chi connectivity index (χ2v) is 6.11. The summed E-state index contributed by atoms with van der Waals surface area (Å²) < 4.78 is 0. The molecule has 1 amide bonds. The van der Waals surface area contributed by atoms with E-state index in [1.807, 2.05) is 11.4 Å². The number of piperidine rings is 1. The highest BCUT2D eigenvalue weighted by Gasteiger charge is 2.36. The van der Waals surface area contributed by atoms with E-state index in [2.05, 4.69) is 29.9 Å². The maximum Gasteiger partial charge on any atom is 0.237 e. The molecular weight excluding hydrogens is 232 g/mol. The highest BCUT2D eigenvalue weighted by Crippen LogP contribution is 2.30. The molecule has 0 saturated carbocycles. The van der Waals surface area contributed by atoms with Gasteiger partial charge in [-0.15, -0.1) is 0 Å². The first-order valence-electron chi connectivity index (χ1n) is 6.12. The minimum Gasteiger partial charge on any atom is -0.351 e. The van der Waals surface area contributed by atoms with Crippen LogP contribution in [0.15, 0.2) is 16.8 Å². The molecule has 1 aromatic rings. The Hall–Kier alpha value is -0.870. The summed E-state index contributed by atoms with van der Waals surface area (Å²) in [6.45, 7) is 5.90. The number of hydrogen-bond donors (Lipinski definition) is 2. The SMILES string of the molecule is CC1(C)CCCNC1C(=O)NCc1ccsc1. The van der Waals surface area contributed by atoms with Crippen molar-refractivity contribution in [3.63, 3.8) is 0 Å². The summed E-state index contributed by atoms with van der Waals surface area (Å²) in [4.78, 5) is 12.1. The summed E-state index contributed by atoms with van der Waals surface area (Å²) in [7, 11) is 0. The van der Waals surface area contributed by atoms with Gasteiger partial charge in [-0.05, 0) is 47.2 Å². The monoisotopic (exact) mass is 252 g/mol. The van der Waals surface area contributed by atoms with Gasteiger partial charge in [-0.25, -0.2) is 0 Å². The molecule has 2 N–H and O–H groups in total. The van der Waals surface area contributed by atoms with Crippen LogP contribution in [0.4, 0.5) is 0 Å². The van der Waals surface area contributed by atoms with E-state index in [9.17, 15) is 4.79 Å². The van der Waals surface area contributed by atoms with Crippen molar-refractivity contribution in [2.75, 3.05) is 6.54 Å². The molecule has 0 aliphatic carbocycles. The second-order valence-electron chi connectivity index (χ2n) is 5.33. The quantitative estimate of drug-likeness (QED) is 0.865. The molecule has 1 unspecified atom stereocenters. The first-order valence-corrected chi connectivity index (χ1v) is 7.06. The Kier molecular flexibility index (Phi) is 3.84. The summed E-state index contributed by atoms with van der Waals surface area (Å²) in [6, 6.07) is 1.99. The summed E-state index contributed by atoms with van der Waals surface area (Å²) in [5.74, 6) is 0.126. The molecule has 0 spiro atoms. The second kappa shape index (κ2) is 5.19. The van der Waals surface area contributed by atoms with Gasteiger partial charge in [0.1, 0.15) is 0 Å². The Bertz CT molecular complexity index is 373. The average Bonchev–Trinajstić information content (AvgIpc) is 2.78. The van der Waals surface area contributed by atoms with Crippen LogP contribution in [0.5, 0.6) is 0 Å². The molecule has 3 nitrogen and oxygen atoms in total. The molecule has 1 fully saturated rings. The zero-order valence-corrected chi connectivity index (χ0v) is 11.3. The fourth-order valence-electron chi connectivity index (χ4n) is 2.34. The Morgan fingerprint density at radius 3 is 3.12 bits per heavy atom. The lowest BCUT2D eigenvalue weighted by Gasteiger charge is -2.38. The molecule has 0 radical (unpaired) electrons. The molecule has 17 heavy (non-hydrogen) atoms. The molecule has 0 bridgehead atoms. The van der Waals surface area contributed by atoms with Crippen LogP contribution >= 0.6 is 11.3 Å². The minimum atomic E-state index is -0.0603. The number of amides is 1. The molecule has 0 aromatic carbocycles. The molecule has 94 valence electrons. The molecule has 1 aromatic heterocycles. The van der Waals surface area contributed by atoms with Crippen LogP contribution in [-0.2, 0) is 11.3 Å². The van der Waals surface area contributed by atoms with Crippen molar-refractivity contribution in [1.29, 1.82) is 0 Å². The lowest BCUT2D eigenvalue weighted by molar-refractivity contribution is -0.126. The predicted octanol–water partition coefficient (Wildman–Crippen LogP) is 2.14. The van der Waals surface area contributed by atoms with Crippen molar-refractivity contribution >= 4 is 17.2 Å². The maximum absolute atomic E-state index is 12.1. The minimum absolute atomic E-state index is 0.0526. The highest BCUT2D eigenvalue weighted by molar-refractivity contribution is 7.07. The first-order chi connectivity index (χ1) is 8.09. The van der Waals surface area contributed by atoms with E-state index in [4.69, 9.17) is 0 Å². The maximum atomic E-state index is 12.1.